The van der Waals surface area contributed by atoms with Crippen LogP contribution in [0.5, 0.6) is 0 Å². The summed E-state index contributed by atoms with van der Waals surface area (Å²) in [5.41, 5.74) is 0. The summed E-state index contributed by atoms with van der Waals surface area (Å²) in [7, 11) is 0. The van der Waals surface area contributed by atoms with Gasteiger partial charge in [0.15, 0.2) is 0 Å². The van der Waals surface area contributed by atoms with Gasteiger partial charge in [-0.1, -0.05) is 5.21 Å². The molecule has 0 saturated carbocycles. The van der Waals surface area contributed by atoms with Crippen molar-refractivity contribution in [3.05, 3.63) is 12.4 Å². The van der Waals surface area contributed by atoms with Gasteiger partial charge in [0, 0.05) is 18.7 Å². The first-order valence-corrected chi connectivity index (χ1v) is 3.87. The van der Waals surface area contributed by atoms with Gasteiger partial charge in [-0.05, 0) is 6.42 Å². The van der Waals surface area contributed by atoms with Crippen molar-refractivity contribution in [2.45, 2.75) is 13.0 Å². The predicted octanol–water partition coefficient (Wildman–Crippen LogP) is 0.315. The second-order valence-electron chi connectivity index (χ2n) is 2.86. The molecular formula is C7H11N3O. The van der Waals surface area contributed by atoms with Gasteiger partial charge in [-0.2, -0.15) is 0 Å². The molecule has 1 aromatic rings. The fraction of sp³-hybridized carbons (Fsp3) is 0.714. The number of aryl methyl sites for hydroxylation is 1. The molecule has 0 N–H and O–H groups in total. The lowest BCUT2D eigenvalue weighted by atomic mass is 10.0. The third kappa shape index (κ3) is 1.57. The van der Waals surface area contributed by atoms with Gasteiger partial charge in [-0.25, -0.2) is 0 Å². The van der Waals surface area contributed by atoms with Gasteiger partial charge in [0.2, 0.25) is 0 Å². The maximum absolute atomic E-state index is 5.06. The summed E-state index contributed by atoms with van der Waals surface area (Å²) in [6.07, 6.45) is 4.75. The Morgan fingerprint density at radius 3 is 3.00 bits per heavy atom. The molecule has 0 aliphatic carbocycles. The van der Waals surface area contributed by atoms with Crippen LogP contribution in [0.4, 0.5) is 0 Å². The van der Waals surface area contributed by atoms with Crippen molar-refractivity contribution in [3.8, 4) is 0 Å². The molecule has 2 rings (SSSR count). The molecule has 60 valence electrons. The van der Waals surface area contributed by atoms with Crippen LogP contribution in [0.25, 0.3) is 0 Å². The van der Waals surface area contributed by atoms with Crippen LogP contribution in [-0.4, -0.2) is 28.2 Å². The van der Waals surface area contributed by atoms with Crippen molar-refractivity contribution >= 4 is 0 Å². The second-order valence-corrected chi connectivity index (χ2v) is 2.86. The van der Waals surface area contributed by atoms with Crippen LogP contribution in [0.2, 0.25) is 0 Å². The van der Waals surface area contributed by atoms with Crippen LogP contribution in [-0.2, 0) is 11.3 Å². The van der Waals surface area contributed by atoms with E-state index in [1.807, 2.05) is 10.9 Å². The third-order valence-corrected chi connectivity index (χ3v) is 1.95. The average molecular weight is 153 g/mol. The molecule has 1 fully saturated rings. The molecule has 4 nitrogen and oxygen atoms in total. The van der Waals surface area contributed by atoms with E-state index in [1.54, 1.807) is 6.20 Å². The lowest BCUT2D eigenvalue weighted by Crippen LogP contribution is -2.28. The molecule has 0 bridgehead atoms. The van der Waals surface area contributed by atoms with Gasteiger partial charge >= 0.3 is 0 Å². The normalized spacial score (nSPS) is 18.2. The van der Waals surface area contributed by atoms with Crippen molar-refractivity contribution in [2.24, 2.45) is 5.92 Å². The lowest BCUT2D eigenvalue weighted by Gasteiger charge is -2.25. The van der Waals surface area contributed by atoms with Crippen molar-refractivity contribution in [1.82, 2.24) is 15.0 Å². The molecule has 11 heavy (non-hydrogen) atoms. The Morgan fingerprint density at radius 2 is 2.45 bits per heavy atom. The van der Waals surface area contributed by atoms with E-state index < -0.39 is 0 Å². The SMILES string of the molecule is c1cn(CCC2COC2)nn1. The highest BCUT2D eigenvalue weighted by Crippen LogP contribution is 2.14. The quantitative estimate of drug-likeness (QED) is 0.627. The molecule has 2 heterocycles. The summed E-state index contributed by atoms with van der Waals surface area (Å²) in [5.74, 6) is 0.749. The van der Waals surface area contributed by atoms with E-state index in [0.717, 1.165) is 32.1 Å². The smallest absolute Gasteiger partial charge is 0.0692 e. The second kappa shape index (κ2) is 3.00. The Kier molecular flexibility index (Phi) is 1.85. The molecule has 4 heteroatoms. The van der Waals surface area contributed by atoms with Crippen LogP contribution >= 0.6 is 0 Å². The first-order chi connectivity index (χ1) is 5.45. The highest BCUT2D eigenvalue weighted by atomic mass is 16.5. The first kappa shape index (κ1) is 6.79. The minimum absolute atomic E-state index is 0.749. The van der Waals surface area contributed by atoms with Crippen molar-refractivity contribution in [3.63, 3.8) is 0 Å². The molecule has 0 amide bonds. The zero-order valence-electron chi connectivity index (χ0n) is 6.31. The number of rotatable bonds is 3. The highest BCUT2D eigenvalue weighted by molar-refractivity contribution is 4.68. The van der Waals surface area contributed by atoms with Gasteiger partial charge in [0.25, 0.3) is 0 Å². The van der Waals surface area contributed by atoms with Crippen molar-refractivity contribution < 1.29 is 4.74 Å². The summed E-state index contributed by atoms with van der Waals surface area (Å²) in [4.78, 5) is 0. The monoisotopic (exact) mass is 153 g/mol. The molecule has 1 aliphatic rings. The van der Waals surface area contributed by atoms with Crippen LogP contribution in [0.1, 0.15) is 6.42 Å². The molecule has 1 aliphatic heterocycles. The van der Waals surface area contributed by atoms with Gasteiger partial charge in [0.1, 0.15) is 0 Å². The molecule has 0 atom stereocenters. The zero-order valence-corrected chi connectivity index (χ0v) is 6.31. The van der Waals surface area contributed by atoms with E-state index in [1.165, 1.54) is 0 Å². The minimum Gasteiger partial charge on any atom is -0.381 e. The van der Waals surface area contributed by atoms with Gasteiger partial charge < -0.3 is 4.74 Å². The number of aromatic nitrogens is 3. The molecule has 0 aromatic carbocycles. The molecule has 1 aromatic heterocycles. The molecule has 0 radical (unpaired) electrons. The van der Waals surface area contributed by atoms with Gasteiger partial charge in [-0.3, -0.25) is 4.68 Å². The van der Waals surface area contributed by atoms with E-state index in [-0.39, 0.29) is 0 Å². The molecular weight excluding hydrogens is 142 g/mol. The van der Waals surface area contributed by atoms with E-state index in [4.69, 9.17) is 4.74 Å². The zero-order chi connectivity index (χ0) is 7.52. The van der Waals surface area contributed by atoms with Gasteiger partial charge in [-0.15, -0.1) is 5.10 Å². The number of ether oxygens (including phenoxy) is 1. The number of nitrogens with zero attached hydrogens (tertiary/aromatic N) is 3. The average Bonchev–Trinajstić information content (AvgIpc) is 2.36. The standard InChI is InChI=1S/C7H11N3O/c1(7-5-11-6-7)3-10-4-2-8-9-10/h2,4,7H,1,3,5-6H2. The Labute approximate surface area is 65.2 Å². The topological polar surface area (TPSA) is 39.9 Å². The van der Waals surface area contributed by atoms with Crippen LogP contribution < -0.4 is 0 Å². The van der Waals surface area contributed by atoms with Crippen LogP contribution in [0.15, 0.2) is 12.4 Å². The van der Waals surface area contributed by atoms with Gasteiger partial charge in [0.05, 0.1) is 19.4 Å². The van der Waals surface area contributed by atoms with Crippen molar-refractivity contribution in [2.75, 3.05) is 13.2 Å². The van der Waals surface area contributed by atoms with Crippen molar-refractivity contribution in [1.29, 1.82) is 0 Å². The summed E-state index contributed by atoms with van der Waals surface area (Å²) in [6, 6.07) is 0. The fourth-order valence-electron chi connectivity index (χ4n) is 1.12. The van der Waals surface area contributed by atoms with E-state index in [2.05, 4.69) is 10.3 Å². The molecule has 0 unspecified atom stereocenters. The Bertz CT molecular complexity index is 205. The Morgan fingerprint density at radius 1 is 1.55 bits per heavy atom. The third-order valence-electron chi connectivity index (χ3n) is 1.95. The summed E-state index contributed by atoms with van der Waals surface area (Å²) in [5, 5.41) is 7.60. The van der Waals surface area contributed by atoms with E-state index >= 15 is 0 Å². The van der Waals surface area contributed by atoms with Crippen LogP contribution in [0.3, 0.4) is 0 Å². The predicted molar refractivity (Wildman–Crippen MR) is 38.9 cm³/mol. The minimum atomic E-state index is 0.749. The summed E-state index contributed by atoms with van der Waals surface area (Å²) >= 11 is 0. The summed E-state index contributed by atoms with van der Waals surface area (Å²) < 4.78 is 6.92. The maximum atomic E-state index is 5.06. The molecule has 1 saturated heterocycles. The summed E-state index contributed by atoms with van der Waals surface area (Å²) in [6.45, 7) is 2.82. The Hall–Kier alpha value is -0.900. The Balaban J connectivity index is 1.74. The fourth-order valence-corrected chi connectivity index (χ4v) is 1.12. The molecule has 0 spiro atoms. The van der Waals surface area contributed by atoms with E-state index in [9.17, 15) is 0 Å². The maximum Gasteiger partial charge on any atom is 0.0692 e. The largest absolute Gasteiger partial charge is 0.381 e. The number of hydrogen-bond acceptors (Lipinski definition) is 3. The van der Waals surface area contributed by atoms with Crippen LogP contribution in [0, 0.1) is 5.92 Å². The number of hydrogen-bond donors (Lipinski definition) is 0. The van der Waals surface area contributed by atoms with E-state index in [0.29, 0.717) is 0 Å². The lowest BCUT2D eigenvalue weighted by molar-refractivity contribution is -0.0375. The first-order valence-electron chi connectivity index (χ1n) is 3.87. The highest BCUT2D eigenvalue weighted by Gasteiger charge is 2.17.